The van der Waals surface area contributed by atoms with Crippen molar-refractivity contribution in [1.82, 2.24) is 14.6 Å². The maximum atomic E-state index is 12.2. The number of rotatable bonds is 10. The summed E-state index contributed by atoms with van der Waals surface area (Å²) < 4.78 is 24.4. The number of aromatic nitrogens is 2. The topological polar surface area (TPSA) is 121 Å². The van der Waals surface area contributed by atoms with Crippen molar-refractivity contribution in [2.24, 2.45) is 0 Å². The van der Waals surface area contributed by atoms with E-state index in [1.165, 1.54) is 16.8 Å². The van der Waals surface area contributed by atoms with Gasteiger partial charge >= 0.3 is 20.2 Å². The Morgan fingerprint density at radius 3 is 2.66 bits per heavy atom. The Labute approximate surface area is 186 Å². The van der Waals surface area contributed by atoms with Crippen molar-refractivity contribution in [2.45, 2.75) is 58.1 Å². The number of hydrogen-bond acceptors (Lipinski definition) is 8. The highest BCUT2D eigenvalue weighted by molar-refractivity contribution is 7.45. The lowest BCUT2D eigenvalue weighted by Gasteiger charge is -2.23. The molecule has 2 heterocycles. The van der Waals surface area contributed by atoms with Gasteiger partial charge in [-0.05, 0) is 45.7 Å². The fraction of sp³-hybridized carbons (Fsp3) is 0.476. The molecule has 0 amide bonds. The number of para-hydroxylation sites is 1. The number of aromatic amines is 1. The number of nitrogens with zero attached hydrogens (tertiary/aromatic N) is 1. The summed E-state index contributed by atoms with van der Waals surface area (Å²) in [5, 5.41) is 3.05. The van der Waals surface area contributed by atoms with E-state index in [0.29, 0.717) is 18.6 Å². The third-order valence-electron chi connectivity index (χ3n) is 4.56. The van der Waals surface area contributed by atoms with E-state index in [9.17, 15) is 14.4 Å². The number of hydrogen-bond donors (Lipinski definition) is 2. The van der Waals surface area contributed by atoms with Gasteiger partial charge in [0.2, 0.25) is 0 Å². The molecule has 0 spiro atoms. The number of nitrogens with one attached hydrogen (secondary N) is 2. The third-order valence-corrected chi connectivity index (χ3v) is 5.92. The molecule has 1 aromatic heterocycles. The Kier molecular flexibility index (Phi) is 8.58. The van der Waals surface area contributed by atoms with E-state index < -0.39 is 38.0 Å². The fourth-order valence-corrected chi connectivity index (χ4v) is 4.25. The SMILES string of the molecule is CC(C)OC(=O)C(C)NP(OCC1CCC(n2ccc(=O)[nH]c2=O)O1)Oc1ccccc1. The van der Waals surface area contributed by atoms with Crippen LogP contribution in [-0.4, -0.2) is 40.4 Å². The van der Waals surface area contributed by atoms with Crippen LogP contribution in [-0.2, 0) is 18.8 Å². The zero-order valence-electron chi connectivity index (χ0n) is 18.2. The van der Waals surface area contributed by atoms with Crippen LogP contribution in [0.1, 0.15) is 39.8 Å². The van der Waals surface area contributed by atoms with Gasteiger partial charge in [0, 0.05) is 12.3 Å². The van der Waals surface area contributed by atoms with Crippen LogP contribution in [0.5, 0.6) is 5.75 Å². The second-order valence-corrected chi connectivity index (χ2v) is 8.81. The molecule has 32 heavy (non-hydrogen) atoms. The minimum atomic E-state index is -1.68. The lowest BCUT2D eigenvalue weighted by atomic mass is 10.2. The minimum absolute atomic E-state index is 0.200. The predicted octanol–water partition coefficient (Wildman–Crippen LogP) is 2.47. The van der Waals surface area contributed by atoms with Crippen LogP contribution < -0.4 is 20.9 Å². The Morgan fingerprint density at radius 1 is 1.22 bits per heavy atom. The monoisotopic (exact) mass is 465 g/mol. The molecule has 174 valence electrons. The van der Waals surface area contributed by atoms with Gasteiger partial charge in [-0.2, -0.15) is 0 Å². The molecule has 1 saturated heterocycles. The van der Waals surface area contributed by atoms with Gasteiger partial charge in [0.05, 0.1) is 18.8 Å². The molecule has 2 aromatic rings. The van der Waals surface area contributed by atoms with Crippen molar-refractivity contribution in [3.05, 3.63) is 63.4 Å². The van der Waals surface area contributed by atoms with Crippen LogP contribution in [0.15, 0.2) is 52.2 Å². The molecule has 0 bridgehead atoms. The van der Waals surface area contributed by atoms with Crippen molar-refractivity contribution in [3.8, 4) is 5.75 Å². The normalized spacial score (nSPS) is 20.1. The highest BCUT2D eigenvalue weighted by atomic mass is 31.2. The molecular formula is C21H28N3O7P. The summed E-state index contributed by atoms with van der Waals surface area (Å²) >= 11 is 0. The number of benzene rings is 1. The van der Waals surface area contributed by atoms with Gasteiger partial charge in [-0.3, -0.25) is 19.1 Å². The van der Waals surface area contributed by atoms with Crippen LogP contribution in [0.2, 0.25) is 0 Å². The number of carbonyl (C=O) groups excluding carboxylic acids is 1. The first-order valence-corrected chi connectivity index (χ1v) is 11.6. The second kappa shape index (κ2) is 11.4. The van der Waals surface area contributed by atoms with Gasteiger partial charge in [0.1, 0.15) is 18.0 Å². The van der Waals surface area contributed by atoms with E-state index in [1.807, 2.05) is 18.2 Å². The number of carbonyl (C=O) groups is 1. The molecule has 10 nitrogen and oxygen atoms in total. The molecule has 4 unspecified atom stereocenters. The van der Waals surface area contributed by atoms with E-state index in [-0.39, 0.29) is 18.8 Å². The maximum absolute atomic E-state index is 12.2. The second-order valence-electron chi connectivity index (χ2n) is 7.60. The lowest BCUT2D eigenvalue weighted by Crippen LogP contribution is -2.35. The predicted molar refractivity (Wildman–Crippen MR) is 118 cm³/mol. The van der Waals surface area contributed by atoms with Gasteiger partial charge in [-0.15, -0.1) is 0 Å². The van der Waals surface area contributed by atoms with Crippen LogP contribution in [0.4, 0.5) is 0 Å². The van der Waals surface area contributed by atoms with Crippen LogP contribution >= 0.6 is 8.53 Å². The number of H-pyrrole nitrogens is 1. The first kappa shape index (κ1) is 24.1. The lowest BCUT2D eigenvalue weighted by molar-refractivity contribution is -0.149. The molecule has 1 aromatic carbocycles. The molecule has 11 heteroatoms. The largest absolute Gasteiger partial charge is 0.462 e. The van der Waals surface area contributed by atoms with Crippen LogP contribution in [0.3, 0.4) is 0 Å². The molecule has 0 aliphatic carbocycles. The fourth-order valence-electron chi connectivity index (χ4n) is 3.03. The van der Waals surface area contributed by atoms with Crippen LogP contribution in [0.25, 0.3) is 0 Å². The Bertz CT molecular complexity index is 995. The van der Waals surface area contributed by atoms with E-state index in [2.05, 4.69) is 10.1 Å². The summed E-state index contributed by atoms with van der Waals surface area (Å²) in [4.78, 5) is 37.7. The van der Waals surface area contributed by atoms with Crippen molar-refractivity contribution in [1.29, 1.82) is 0 Å². The minimum Gasteiger partial charge on any atom is -0.462 e. The Hall–Kier alpha value is -2.52. The summed E-state index contributed by atoms with van der Waals surface area (Å²) in [7, 11) is -1.68. The quantitative estimate of drug-likeness (QED) is 0.406. The number of esters is 1. The molecule has 0 radical (unpaired) electrons. The van der Waals surface area contributed by atoms with Gasteiger partial charge in [-0.25, -0.2) is 9.88 Å². The summed E-state index contributed by atoms with van der Waals surface area (Å²) in [5.74, 6) is 0.197. The molecule has 4 atom stereocenters. The average molecular weight is 465 g/mol. The zero-order chi connectivity index (χ0) is 23.1. The molecular weight excluding hydrogens is 437 g/mol. The molecule has 3 rings (SSSR count). The number of ether oxygens (including phenoxy) is 2. The molecule has 2 N–H and O–H groups in total. The Morgan fingerprint density at radius 2 is 1.97 bits per heavy atom. The Balaban J connectivity index is 1.60. The maximum Gasteiger partial charge on any atom is 0.330 e. The van der Waals surface area contributed by atoms with Gasteiger partial charge in [0.25, 0.3) is 5.56 Å². The van der Waals surface area contributed by atoms with E-state index in [0.717, 1.165) is 0 Å². The molecule has 1 fully saturated rings. The van der Waals surface area contributed by atoms with E-state index in [1.54, 1.807) is 32.9 Å². The average Bonchev–Trinajstić information content (AvgIpc) is 3.21. The van der Waals surface area contributed by atoms with E-state index in [4.69, 9.17) is 18.5 Å². The highest BCUT2D eigenvalue weighted by Gasteiger charge is 2.30. The molecule has 1 aliphatic rings. The summed E-state index contributed by atoms with van der Waals surface area (Å²) in [6.45, 7) is 5.45. The van der Waals surface area contributed by atoms with Crippen LogP contribution in [0, 0.1) is 0 Å². The van der Waals surface area contributed by atoms with Gasteiger partial charge in [0.15, 0.2) is 0 Å². The summed E-state index contributed by atoms with van der Waals surface area (Å²) in [5.41, 5.74) is -0.970. The van der Waals surface area contributed by atoms with Gasteiger partial charge in [-0.1, -0.05) is 18.2 Å². The van der Waals surface area contributed by atoms with Crippen molar-refractivity contribution < 1.29 is 23.3 Å². The third kappa shape index (κ3) is 7.00. The smallest absolute Gasteiger partial charge is 0.330 e. The standard InChI is InChI=1S/C21H28N3O7P/c1-14(2)29-20(26)15(3)23-32(31-16-7-5-4-6-8-16)28-13-17-9-10-19(30-17)24-12-11-18(25)22-21(24)27/h4-8,11-12,14-15,17,19,23H,9-10,13H2,1-3H3,(H,22,25,27). The van der Waals surface area contributed by atoms with Crippen molar-refractivity contribution in [3.63, 3.8) is 0 Å². The molecule has 0 saturated carbocycles. The van der Waals surface area contributed by atoms with Crippen molar-refractivity contribution in [2.75, 3.05) is 6.61 Å². The van der Waals surface area contributed by atoms with E-state index >= 15 is 0 Å². The summed E-state index contributed by atoms with van der Waals surface area (Å²) in [6, 6.07) is 9.78. The van der Waals surface area contributed by atoms with Gasteiger partial charge < -0.3 is 18.5 Å². The summed E-state index contributed by atoms with van der Waals surface area (Å²) in [6.07, 6.45) is 1.70. The molecule has 1 aliphatic heterocycles. The zero-order valence-corrected chi connectivity index (χ0v) is 19.1. The first-order valence-electron chi connectivity index (χ1n) is 10.4. The highest BCUT2D eigenvalue weighted by Crippen LogP contribution is 2.38. The first-order chi connectivity index (χ1) is 15.3. The van der Waals surface area contributed by atoms with Crippen molar-refractivity contribution >= 4 is 14.5 Å².